The number of carbonyl (C=O) groups is 4. The highest BCUT2D eigenvalue weighted by molar-refractivity contribution is 6.02. The summed E-state index contributed by atoms with van der Waals surface area (Å²) >= 11 is 0. The van der Waals surface area contributed by atoms with E-state index < -0.39 is 28.4 Å². The van der Waals surface area contributed by atoms with Crippen LogP contribution in [0.5, 0.6) is 23.0 Å². The van der Waals surface area contributed by atoms with Crippen molar-refractivity contribution in [3.05, 3.63) is 163 Å². The monoisotopic (exact) mass is 1030 g/mol. The lowest BCUT2D eigenvalue weighted by atomic mass is 9.61. The minimum Gasteiger partial charge on any atom is -0.487 e. The highest BCUT2D eigenvalue weighted by Gasteiger charge is 2.54. The van der Waals surface area contributed by atoms with Crippen molar-refractivity contribution in [3.63, 3.8) is 0 Å². The number of esters is 2. The smallest absolute Gasteiger partial charge is 0.343 e. The Morgan fingerprint density at radius 3 is 1.13 bits per heavy atom. The van der Waals surface area contributed by atoms with Crippen molar-refractivity contribution in [3.8, 4) is 23.0 Å². The maximum Gasteiger partial charge on any atom is 0.343 e. The van der Waals surface area contributed by atoms with E-state index in [0.29, 0.717) is 67.6 Å². The topological polar surface area (TPSA) is 105 Å². The molecule has 8 heteroatoms. The van der Waals surface area contributed by atoms with Crippen LogP contribution in [0, 0.1) is 66.2 Å². The summed E-state index contributed by atoms with van der Waals surface area (Å²) < 4.78 is 25.7. The Morgan fingerprint density at radius 2 is 0.776 bits per heavy atom. The third kappa shape index (κ3) is 13.1. The van der Waals surface area contributed by atoms with Gasteiger partial charge in [-0.15, -0.1) is 0 Å². The lowest BCUT2D eigenvalue weighted by Gasteiger charge is -2.49. The summed E-state index contributed by atoms with van der Waals surface area (Å²) in [5.74, 6) is 1.62. The lowest BCUT2D eigenvalue weighted by Crippen LogP contribution is -2.56. The molecule has 0 saturated carbocycles. The minimum atomic E-state index is -0.873. The van der Waals surface area contributed by atoms with Gasteiger partial charge in [0.15, 0.2) is 11.6 Å². The van der Waals surface area contributed by atoms with Gasteiger partial charge in [0.2, 0.25) is 0 Å². The molecule has 8 nitrogen and oxygen atoms in total. The van der Waals surface area contributed by atoms with Crippen LogP contribution in [0.2, 0.25) is 0 Å². The Balaban J connectivity index is 1.31. The summed E-state index contributed by atoms with van der Waals surface area (Å²) in [6.07, 6.45) is 9.55. The summed E-state index contributed by atoms with van der Waals surface area (Å²) in [5.41, 5.74) is 10.6. The van der Waals surface area contributed by atoms with E-state index in [1.54, 1.807) is 24.3 Å². The Morgan fingerprint density at radius 1 is 0.421 bits per heavy atom. The van der Waals surface area contributed by atoms with Gasteiger partial charge < -0.3 is 18.9 Å². The van der Waals surface area contributed by atoms with Gasteiger partial charge in [-0.1, -0.05) is 123 Å². The fourth-order valence-corrected chi connectivity index (χ4v) is 11.4. The third-order valence-corrected chi connectivity index (χ3v) is 17.0. The number of ketones is 2. The van der Waals surface area contributed by atoms with Crippen molar-refractivity contribution in [2.75, 3.05) is 0 Å². The van der Waals surface area contributed by atoms with Crippen LogP contribution in [0.15, 0.2) is 84.9 Å². The van der Waals surface area contributed by atoms with Gasteiger partial charge in [0.25, 0.3) is 0 Å². The van der Waals surface area contributed by atoms with E-state index in [2.05, 4.69) is 113 Å². The predicted octanol–water partition coefficient (Wildman–Crippen LogP) is 17.0. The molecule has 0 heterocycles. The van der Waals surface area contributed by atoms with Gasteiger partial charge in [-0.3, -0.25) is 9.59 Å². The SMILES string of the molecule is CCC(C)(CC)Oc1c(C)cc(Cc2cc(C)c(OC(=O)c3ccc(C(=O)C(CC)(CC)C(CC)(CC)Oc4c(C)cc(Cc5cc(C)c(OC(=O)C=CC(=O)C(C)(CC)CC)c(C)c5)cc4C)cc3)c(C)c2)cc1C. The third-order valence-electron chi connectivity index (χ3n) is 17.0. The van der Waals surface area contributed by atoms with Gasteiger partial charge in [0.1, 0.15) is 34.2 Å². The van der Waals surface area contributed by atoms with E-state index in [9.17, 15) is 14.4 Å². The molecule has 0 atom stereocenters. The van der Waals surface area contributed by atoms with Crippen LogP contribution in [-0.2, 0) is 22.4 Å². The zero-order chi connectivity index (χ0) is 56.5. The number of aryl methyl sites for hydroxylation is 8. The van der Waals surface area contributed by atoms with Crippen LogP contribution in [-0.4, -0.2) is 34.7 Å². The molecule has 0 aliphatic heterocycles. The molecule has 5 aromatic rings. The quantitative estimate of drug-likeness (QED) is 0.0246. The Hall–Kier alpha value is -6.28. The Kier molecular flexibility index (Phi) is 20.1. The number of rotatable bonds is 25. The molecule has 0 aliphatic carbocycles. The molecule has 5 aromatic carbocycles. The first-order valence-electron chi connectivity index (χ1n) is 27.9. The number of Topliss-reactive ketones (excluding diaryl/α,β-unsaturated/α-hetero) is 1. The molecule has 0 spiro atoms. The van der Waals surface area contributed by atoms with Crippen molar-refractivity contribution in [1.82, 2.24) is 0 Å². The average molecular weight is 1030 g/mol. The normalized spacial score (nSPS) is 12.2. The molecule has 408 valence electrons. The van der Waals surface area contributed by atoms with E-state index >= 15 is 4.79 Å². The van der Waals surface area contributed by atoms with E-state index in [0.717, 1.165) is 92.0 Å². The summed E-state index contributed by atoms with van der Waals surface area (Å²) in [6.45, 7) is 36.9. The maximum absolute atomic E-state index is 15.1. The number of ether oxygens (including phenoxy) is 4. The lowest BCUT2D eigenvalue weighted by molar-refractivity contribution is -0.129. The van der Waals surface area contributed by atoms with Crippen molar-refractivity contribution in [2.45, 2.75) is 200 Å². The van der Waals surface area contributed by atoms with Crippen LogP contribution < -0.4 is 18.9 Å². The van der Waals surface area contributed by atoms with Crippen LogP contribution >= 0.6 is 0 Å². The second kappa shape index (κ2) is 25.2. The van der Waals surface area contributed by atoms with Crippen molar-refractivity contribution < 1.29 is 38.1 Å². The summed E-state index contributed by atoms with van der Waals surface area (Å²) in [7, 11) is 0. The summed E-state index contributed by atoms with van der Waals surface area (Å²) in [5, 5.41) is 0. The molecule has 0 saturated heterocycles. The molecular weight excluding hydrogens is 945 g/mol. The van der Waals surface area contributed by atoms with E-state index in [1.807, 2.05) is 60.6 Å². The maximum atomic E-state index is 15.1. The second-order valence-electron chi connectivity index (χ2n) is 22.1. The van der Waals surface area contributed by atoms with Gasteiger partial charge in [-0.05, 0) is 211 Å². The van der Waals surface area contributed by atoms with Crippen LogP contribution in [0.1, 0.15) is 208 Å². The molecule has 0 aromatic heterocycles. The first-order chi connectivity index (χ1) is 35.8. The van der Waals surface area contributed by atoms with Crippen LogP contribution in [0.25, 0.3) is 0 Å². The molecule has 0 unspecified atom stereocenters. The highest BCUT2D eigenvalue weighted by atomic mass is 16.5. The van der Waals surface area contributed by atoms with E-state index in [-0.39, 0.29) is 17.2 Å². The van der Waals surface area contributed by atoms with E-state index in [4.69, 9.17) is 18.9 Å². The summed E-state index contributed by atoms with van der Waals surface area (Å²) in [6, 6.07) is 23.9. The predicted molar refractivity (Wildman–Crippen MR) is 310 cm³/mol. The van der Waals surface area contributed by atoms with Gasteiger partial charge in [0.05, 0.1) is 11.0 Å². The first-order valence-corrected chi connectivity index (χ1v) is 27.9. The van der Waals surface area contributed by atoms with Gasteiger partial charge in [0, 0.05) is 17.1 Å². The minimum absolute atomic E-state index is 0.0105. The zero-order valence-electron chi connectivity index (χ0n) is 49.4. The number of hydrogen-bond acceptors (Lipinski definition) is 8. The Bertz CT molecular complexity index is 2840. The average Bonchev–Trinajstić information content (AvgIpc) is 3.39. The van der Waals surface area contributed by atoms with Crippen LogP contribution in [0.4, 0.5) is 0 Å². The Labute approximate surface area is 456 Å². The first kappa shape index (κ1) is 60.6. The van der Waals surface area contributed by atoms with Gasteiger partial charge in [-0.25, -0.2) is 9.59 Å². The largest absolute Gasteiger partial charge is 0.487 e. The van der Waals surface area contributed by atoms with Gasteiger partial charge >= 0.3 is 11.9 Å². The van der Waals surface area contributed by atoms with Gasteiger partial charge in [-0.2, -0.15) is 0 Å². The molecule has 0 fully saturated rings. The van der Waals surface area contributed by atoms with Crippen LogP contribution in [0.3, 0.4) is 0 Å². The molecule has 5 rings (SSSR count). The molecule has 0 N–H and O–H groups in total. The summed E-state index contributed by atoms with van der Waals surface area (Å²) in [4.78, 5) is 54.5. The second-order valence-corrected chi connectivity index (χ2v) is 22.1. The zero-order valence-corrected chi connectivity index (χ0v) is 49.4. The molecule has 0 radical (unpaired) electrons. The standard InChI is InChI=1S/C68H88O8/c1-19-65(17,20-2)57(69)31-32-58(70)73-59-43(9)33-51(34-44(59)10)41-54-39-49(15)62(50(16)40-54)76-68(25-7,26-8)67(23-5,24-6)63(71)55-27-29-56(30-28-55)64(72)74-60-45(11)35-52(36-46(60)12)42-53-37-47(13)61(48(14)38-53)75-66(18,21-3)22-4/h27-40H,19-26,41-42H2,1-18H3. The number of carbonyl (C=O) groups excluding carboxylic acids is 4. The van der Waals surface area contributed by atoms with Crippen molar-refractivity contribution in [2.24, 2.45) is 10.8 Å². The molecule has 76 heavy (non-hydrogen) atoms. The number of hydrogen-bond donors (Lipinski definition) is 0. The number of allylic oxidation sites excluding steroid dienone is 1. The molecule has 0 bridgehead atoms. The highest BCUT2D eigenvalue weighted by Crippen LogP contribution is 2.49. The molecular formula is C68H88O8. The molecule has 0 aliphatic rings. The van der Waals surface area contributed by atoms with E-state index in [1.165, 1.54) is 17.7 Å². The number of benzene rings is 5. The van der Waals surface area contributed by atoms with Crippen molar-refractivity contribution in [1.29, 1.82) is 0 Å². The fourth-order valence-electron chi connectivity index (χ4n) is 11.4. The molecule has 0 amide bonds. The van der Waals surface area contributed by atoms with Crippen molar-refractivity contribution >= 4 is 23.5 Å². The fraction of sp³-hybridized carbons (Fsp3) is 0.471.